The summed E-state index contributed by atoms with van der Waals surface area (Å²) in [6.45, 7) is 2.06. The van der Waals surface area contributed by atoms with Crippen LogP contribution in [0.2, 0.25) is 0 Å². The predicted molar refractivity (Wildman–Crippen MR) is 149 cm³/mol. The molecular weight excluding hydrogens is 488 g/mol. The van der Waals surface area contributed by atoms with Crippen LogP contribution in [0.15, 0.2) is 93.9 Å². The lowest BCUT2D eigenvalue weighted by Gasteiger charge is -2.23. The summed E-state index contributed by atoms with van der Waals surface area (Å²) >= 11 is 2.92. The number of carbonyl (C=O) groups excluding carboxylic acids is 2. The van der Waals surface area contributed by atoms with E-state index in [2.05, 4.69) is 53.6 Å². The van der Waals surface area contributed by atoms with E-state index in [0.717, 1.165) is 27.4 Å². The summed E-state index contributed by atoms with van der Waals surface area (Å²) in [6, 6.07) is 26.0. The second-order valence-electron chi connectivity index (χ2n) is 8.71. The van der Waals surface area contributed by atoms with Gasteiger partial charge >= 0.3 is 0 Å². The number of nitrogens with zero attached hydrogens (tertiary/aromatic N) is 3. The van der Waals surface area contributed by atoms with Crippen molar-refractivity contribution in [1.82, 2.24) is 5.01 Å². The number of aliphatic imine (C=N–C) groups is 1. The van der Waals surface area contributed by atoms with Gasteiger partial charge in [0, 0.05) is 23.4 Å². The van der Waals surface area contributed by atoms with Crippen molar-refractivity contribution in [3.8, 4) is 0 Å². The number of hydrogen-bond acceptors (Lipinski definition) is 6. The van der Waals surface area contributed by atoms with Crippen LogP contribution in [0.3, 0.4) is 0 Å². The Bertz CT molecular complexity index is 1340. The van der Waals surface area contributed by atoms with Gasteiger partial charge in [-0.1, -0.05) is 78.0 Å². The third-order valence-electron chi connectivity index (χ3n) is 6.13. The van der Waals surface area contributed by atoms with Crippen molar-refractivity contribution in [1.29, 1.82) is 0 Å². The zero-order valence-electron chi connectivity index (χ0n) is 20.0. The molecule has 2 heterocycles. The Morgan fingerprint density at radius 1 is 1.08 bits per heavy atom. The van der Waals surface area contributed by atoms with Crippen LogP contribution in [-0.4, -0.2) is 39.2 Å². The molecule has 36 heavy (non-hydrogen) atoms. The van der Waals surface area contributed by atoms with Crippen molar-refractivity contribution < 1.29 is 9.59 Å². The molecule has 0 bridgehead atoms. The van der Waals surface area contributed by atoms with Crippen LogP contribution in [0, 0.1) is 6.92 Å². The first-order valence-electron chi connectivity index (χ1n) is 11.7. The Kier molecular flexibility index (Phi) is 7.25. The van der Waals surface area contributed by atoms with Gasteiger partial charge in [0.1, 0.15) is 5.25 Å². The fraction of sp³-hybridized carbons (Fsp3) is 0.214. The summed E-state index contributed by atoms with van der Waals surface area (Å²) in [5.74, 6) is -0.505. The fourth-order valence-electron chi connectivity index (χ4n) is 4.23. The minimum absolute atomic E-state index is 0.0539. The number of anilines is 1. The summed E-state index contributed by atoms with van der Waals surface area (Å²) in [5, 5.41) is 9.64. The van der Waals surface area contributed by atoms with E-state index in [0.29, 0.717) is 11.6 Å². The van der Waals surface area contributed by atoms with E-state index in [4.69, 9.17) is 5.10 Å². The van der Waals surface area contributed by atoms with Crippen molar-refractivity contribution in [3.05, 3.63) is 95.6 Å². The van der Waals surface area contributed by atoms with Gasteiger partial charge in [0.05, 0.1) is 11.8 Å². The number of amidine groups is 1. The Labute approximate surface area is 219 Å². The largest absolute Gasteiger partial charge is 0.326 e. The minimum Gasteiger partial charge on any atom is -0.326 e. The van der Waals surface area contributed by atoms with E-state index < -0.39 is 5.25 Å². The molecule has 2 aliphatic heterocycles. The number of hydrogen-bond donors (Lipinski definition) is 1. The van der Waals surface area contributed by atoms with Crippen LogP contribution in [0.25, 0.3) is 0 Å². The van der Waals surface area contributed by atoms with Gasteiger partial charge in [0.2, 0.25) is 5.91 Å². The van der Waals surface area contributed by atoms with Crippen LogP contribution in [0.4, 0.5) is 5.69 Å². The average molecular weight is 515 g/mol. The van der Waals surface area contributed by atoms with Gasteiger partial charge in [-0.2, -0.15) is 10.1 Å². The highest BCUT2D eigenvalue weighted by molar-refractivity contribution is 8.15. The van der Waals surface area contributed by atoms with Gasteiger partial charge in [-0.05, 0) is 42.5 Å². The molecule has 0 aromatic heterocycles. The molecular formula is C28H26N4O2S2. The van der Waals surface area contributed by atoms with E-state index in [1.807, 2.05) is 53.7 Å². The minimum atomic E-state index is -0.571. The molecule has 3 aromatic carbocycles. The predicted octanol–water partition coefficient (Wildman–Crippen LogP) is 5.89. The summed E-state index contributed by atoms with van der Waals surface area (Å²) in [6.07, 6.45) is 2.75. The lowest BCUT2D eigenvalue weighted by Crippen LogP contribution is -2.25. The molecule has 6 nitrogen and oxygen atoms in total. The Morgan fingerprint density at radius 3 is 2.61 bits per heavy atom. The van der Waals surface area contributed by atoms with E-state index in [1.165, 1.54) is 17.3 Å². The maximum atomic E-state index is 12.8. The van der Waals surface area contributed by atoms with Crippen molar-refractivity contribution in [2.75, 3.05) is 11.6 Å². The molecule has 8 heteroatoms. The Balaban J connectivity index is 1.33. The molecule has 0 aliphatic carbocycles. The second-order valence-corrected chi connectivity index (χ2v) is 10.8. The van der Waals surface area contributed by atoms with Gasteiger partial charge in [0.15, 0.2) is 5.17 Å². The fourth-order valence-corrected chi connectivity index (χ4v) is 5.75. The van der Waals surface area contributed by atoms with Crippen LogP contribution < -0.4 is 5.32 Å². The highest BCUT2D eigenvalue weighted by Crippen LogP contribution is 2.38. The third-order valence-corrected chi connectivity index (χ3v) is 8.00. The normalized spacial score (nSPS) is 19.3. The van der Waals surface area contributed by atoms with Gasteiger partial charge in [-0.15, -0.1) is 11.8 Å². The molecule has 0 spiro atoms. The molecule has 3 aromatic rings. The van der Waals surface area contributed by atoms with Crippen LogP contribution in [0.1, 0.15) is 35.6 Å². The Morgan fingerprint density at radius 2 is 1.86 bits per heavy atom. The number of thioether (sulfide) groups is 2. The third kappa shape index (κ3) is 5.39. The molecule has 0 radical (unpaired) electrons. The lowest BCUT2D eigenvalue weighted by molar-refractivity contribution is -0.121. The molecule has 0 saturated carbocycles. The van der Waals surface area contributed by atoms with E-state index >= 15 is 0 Å². The maximum Gasteiger partial charge on any atom is 0.262 e. The van der Waals surface area contributed by atoms with Crippen LogP contribution in [-0.2, 0) is 9.59 Å². The van der Waals surface area contributed by atoms with Crippen molar-refractivity contribution in [2.45, 2.75) is 36.0 Å². The van der Waals surface area contributed by atoms with Gasteiger partial charge in [-0.3, -0.25) is 9.59 Å². The van der Waals surface area contributed by atoms with E-state index in [1.54, 1.807) is 11.8 Å². The number of benzene rings is 3. The molecule has 182 valence electrons. The van der Waals surface area contributed by atoms with Crippen LogP contribution in [0.5, 0.6) is 0 Å². The first kappa shape index (κ1) is 24.3. The number of nitrogens with one attached hydrogen (secondary N) is 1. The molecule has 0 fully saturated rings. The average Bonchev–Trinajstić information content (AvgIpc) is 3.49. The highest BCUT2D eigenvalue weighted by Gasteiger charge is 2.39. The number of hydrazone groups is 1. The number of rotatable bonds is 6. The van der Waals surface area contributed by atoms with E-state index in [-0.39, 0.29) is 24.3 Å². The molecule has 5 rings (SSSR count). The van der Waals surface area contributed by atoms with Crippen LogP contribution >= 0.6 is 23.5 Å². The van der Waals surface area contributed by atoms with Crippen molar-refractivity contribution in [2.24, 2.45) is 10.1 Å². The Hall–Kier alpha value is -3.36. The smallest absolute Gasteiger partial charge is 0.262 e. The zero-order valence-corrected chi connectivity index (χ0v) is 21.7. The van der Waals surface area contributed by atoms with Gasteiger partial charge in [0.25, 0.3) is 5.91 Å². The molecule has 2 amide bonds. The molecule has 2 aliphatic rings. The monoisotopic (exact) mass is 514 g/mol. The topological polar surface area (TPSA) is 74.1 Å². The second kappa shape index (κ2) is 10.7. The molecule has 2 atom stereocenters. The quantitative estimate of drug-likeness (QED) is 0.415. The zero-order chi connectivity index (χ0) is 25.1. The summed E-state index contributed by atoms with van der Waals surface area (Å²) in [5.41, 5.74) is 5.03. The molecule has 0 saturated heterocycles. The molecule has 1 N–H and O–H groups in total. The number of amides is 2. The lowest BCUT2D eigenvalue weighted by atomic mass is 9.98. The van der Waals surface area contributed by atoms with Gasteiger partial charge < -0.3 is 5.32 Å². The van der Waals surface area contributed by atoms with Gasteiger partial charge in [-0.25, -0.2) is 5.01 Å². The highest BCUT2D eigenvalue weighted by atomic mass is 32.2. The summed E-state index contributed by atoms with van der Waals surface area (Å²) in [7, 11) is 0. The summed E-state index contributed by atoms with van der Waals surface area (Å²) in [4.78, 5) is 30.9. The standard InChI is InChI=1S/C28H26N4O2S2/c1-18-11-13-19(14-12-18)23-16-24(20-7-4-3-5-8-20)32(31-23)28-30-27(34)25(36-28)17-26(33)29-21-9-6-10-22(15-21)35-2/h3-15,24-25H,16-17H2,1-2H3,(H,29,33)/t24-,25+/m0/s1. The van der Waals surface area contributed by atoms with E-state index in [9.17, 15) is 9.59 Å². The summed E-state index contributed by atoms with van der Waals surface area (Å²) < 4.78 is 0. The maximum absolute atomic E-state index is 12.8. The first-order valence-corrected chi connectivity index (χ1v) is 13.8. The van der Waals surface area contributed by atoms with Crippen molar-refractivity contribution >= 4 is 51.9 Å². The van der Waals surface area contributed by atoms with Crippen molar-refractivity contribution in [3.63, 3.8) is 0 Å². The molecule has 0 unspecified atom stereocenters. The number of carbonyl (C=O) groups is 2. The number of aryl methyl sites for hydroxylation is 1. The first-order chi connectivity index (χ1) is 17.5. The SMILES string of the molecule is CSc1cccc(NC(=O)C[C@H]2SC(N3N=C(c4ccc(C)cc4)C[C@H]3c3ccccc3)=NC2=O)c1.